The van der Waals surface area contributed by atoms with E-state index in [0.29, 0.717) is 0 Å². The Bertz CT molecular complexity index is 501. The molecule has 0 saturated carbocycles. The Morgan fingerprint density at radius 1 is 0.810 bits per heavy atom. The fourth-order valence-electron chi connectivity index (χ4n) is 2.54. The highest BCUT2D eigenvalue weighted by Crippen LogP contribution is 2.10. The number of benzene rings is 2. The Balaban J connectivity index is 1.92. The quantitative estimate of drug-likeness (QED) is 0.669. The summed E-state index contributed by atoms with van der Waals surface area (Å²) in [6, 6.07) is 19.7. The van der Waals surface area contributed by atoms with Gasteiger partial charge in [0.25, 0.3) is 0 Å². The molecule has 1 heteroatoms. The van der Waals surface area contributed by atoms with E-state index in [9.17, 15) is 0 Å². The van der Waals surface area contributed by atoms with Crippen LogP contribution in [0.2, 0.25) is 0 Å². The topological polar surface area (TPSA) is 3.24 Å². The molecule has 0 spiro atoms. The van der Waals surface area contributed by atoms with Gasteiger partial charge < -0.3 is 0 Å². The van der Waals surface area contributed by atoms with Gasteiger partial charge in [0.1, 0.15) is 0 Å². The van der Waals surface area contributed by atoms with E-state index in [1.165, 1.54) is 36.1 Å². The van der Waals surface area contributed by atoms with Crippen LogP contribution < -0.4 is 0 Å². The zero-order chi connectivity index (χ0) is 14.9. The first-order valence-electron chi connectivity index (χ1n) is 8.09. The average molecular weight is 281 g/mol. The van der Waals surface area contributed by atoms with Crippen molar-refractivity contribution in [2.75, 3.05) is 13.1 Å². The lowest BCUT2D eigenvalue weighted by atomic mass is 10.1. The highest BCUT2D eigenvalue weighted by atomic mass is 15.1. The minimum atomic E-state index is 1.06. The van der Waals surface area contributed by atoms with Crippen LogP contribution in [0.5, 0.6) is 0 Å². The van der Waals surface area contributed by atoms with Gasteiger partial charge in [-0.05, 0) is 37.4 Å². The summed E-state index contributed by atoms with van der Waals surface area (Å²) in [5.41, 5.74) is 4.19. The minimum absolute atomic E-state index is 1.06. The third-order valence-corrected chi connectivity index (χ3v) is 3.91. The summed E-state index contributed by atoms with van der Waals surface area (Å²) >= 11 is 0. The average Bonchev–Trinajstić information content (AvgIpc) is 2.53. The van der Waals surface area contributed by atoms with Crippen LogP contribution in [0.25, 0.3) is 0 Å². The standard InChI is InChI=1S/C20H27N/c1-3-4-15-21(16-14-19-8-6-5-7-9-19)17-20-12-10-18(2)11-13-20/h5-13H,3-4,14-17H2,1-2H3. The van der Waals surface area contributed by atoms with Crippen molar-refractivity contribution in [3.63, 3.8) is 0 Å². The molecule has 2 rings (SSSR count). The molecule has 0 atom stereocenters. The number of rotatable bonds is 8. The molecule has 0 aromatic heterocycles. The van der Waals surface area contributed by atoms with Gasteiger partial charge in [-0.1, -0.05) is 73.5 Å². The van der Waals surface area contributed by atoms with Gasteiger partial charge in [0.2, 0.25) is 0 Å². The Labute approximate surface area is 129 Å². The molecule has 0 unspecified atom stereocenters. The van der Waals surface area contributed by atoms with Crippen molar-refractivity contribution >= 4 is 0 Å². The first-order valence-corrected chi connectivity index (χ1v) is 8.09. The molecule has 0 saturated heterocycles. The zero-order valence-electron chi connectivity index (χ0n) is 13.4. The van der Waals surface area contributed by atoms with Gasteiger partial charge in [-0.2, -0.15) is 0 Å². The van der Waals surface area contributed by atoms with E-state index in [0.717, 1.165) is 19.5 Å². The molecule has 0 aliphatic carbocycles. The van der Waals surface area contributed by atoms with Gasteiger partial charge >= 0.3 is 0 Å². The van der Waals surface area contributed by atoms with E-state index < -0.39 is 0 Å². The largest absolute Gasteiger partial charge is 0.299 e. The van der Waals surface area contributed by atoms with Crippen LogP contribution in [0.15, 0.2) is 54.6 Å². The highest BCUT2D eigenvalue weighted by Gasteiger charge is 2.06. The number of nitrogens with zero attached hydrogens (tertiary/aromatic N) is 1. The smallest absolute Gasteiger partial charge is 0.0233 e. The maximum atomic E-state index is 2.58. The molecule has 0 N–H and O–H groups in total. The van der Waals surface area contributed by atoms with E-state index in [4.69, 9.17) is 0 Å². The van der Waals surface area contributed by atoms with Crippen molar-refractivity contribution in [2.45, 2.75) is 39.7 Å². The Morgan fingerprint density at radius 2 is 1.52 bits per heavy atom. The normalized spacial score (nSPS) is 11.0. The summed E-state index contributed by atoms with van der Waals surface area (Å²) < 4.78 is 0. The summed E-state index contributed by atoms with van der Waals surface area (Å²) in [5, 5.41) is 0. The Hall–Kier alpha value is -1.60. The summed E-state index contributed by atoms with van der Waals surface area (Å²) in [6.45, 7) is 7.80. The van der Waals surface area contributed by atoms with Crippen LogP contribution in [0.3, 0.4) is 0 Å². The van der Waals surface area contributed by atoms with E-state index in [2.05, 4.69) is 73.3 Å². The summed E-state index contributed by atoms with van der Waals surface area (Å²) in [4.78, 5) is 2.58. The van der Waals surface area contributed by atoms with Crippen LogP contribution in [-0.4, -0.2) is 18.0 Å². The maximum absolute atomic E-state index is 2.58. The highest BCUT2D eigenvalue weighted by molar-refractivity contribution is 5.21. The molecule has 0 aliphatic rings. The minimum Gasteiger partial charge on any atom is -0.299 e. The van der Waals surface area contributed by atoms with Gasteiger partial charge in [0.05, 0.1) is 0 Å². The van der Waals surface area contributed by atoms with Gasteiger partial charge in [-0.25, -0.2) is 0 Å². The lowest BCUT2D eigenvalue weighted by molar-refractivity contribution is 0.264. The van der Waals surface area contributed by atoms with Crippen molar-refractivity contribution in [1.82, 2.24) is 4.90 Å². The van der Waals surface area contributed by atoms with Crippen LogP contribution in [-0.2, 0) is 13.0 Å². The molecule has 0 amide bonds. The SMILES string of the molecule is CCCCN(CCc1ccccc1)Cc1ccc(C)cc1. The van der Waals surface area contributed by atoms with E-state index in [1.54, 1.807) is 0 Å². The van der Waals surface area contributed by atoms with Crippen LogP contribution in [0, 0.1) is 6.92 Å². The molecule has 2 aromatic rings. The predicted molar refractivity (Wildman–Crippen MR) is 91.5 cm³/mol. The lowest BCUT2D eigenvalue weighted by Crippen LogP contribution is -2.26. The monoisotopic (exact) mass is 281 g/mol. The fourth-order valence-corrected chi connectivity index (χ4v) is 2.54. The number of hydrogen-bond acceptors (Lipinski definition) is 1. The van der Waals surface area contributed by atoms with Crippen LogP contribution >= 0.6 is 0 Å². The Morgan fingerprint density at radius 3 is 2.19 bits per heavy atom. The summed E-state index contributed by atoms with van der Waals surface area (Å²) in [5.74, 6) is 0. The number of hydrogen-bond donors (Lipinski definition) is 0. The van der Waals surface area contributed by atoms with Gasteiger partial charge in [-0.3, -0.25) is 4.90 Å². The number of aryl methyl sites for hydroxylation is 1. The molecule has 0 radical (unpaired) electrons. The second-order valence-corrected chi connectivity index (χ2v) is 5.85. The zero-order valence-corrected chi connectivity index (χ0v) is 13.4. The van der Waals surface area contributed by atoms with E-state index in [1.807, 2.05) is 0 Å². The molecular formula is C20H27N. The van der Waals surface area contributed by atoms with Crippen molar-refractivity contribution < 1.29 is 0 Å². The fraction of sp³-hybridized carbons (Fsp3) is 0.400. The maximum Gasteiger partial charge on any atom is 0.0233 e. The van der Waals surface area contributed by atoms with Crippen LogP contribution in [0.1, 0.15) is 36.5 Å². The number of unbranched alkanes of at least 4 members (excludes halogenated alkanes) is 1. The van der Waals surface area contributed by atoms with E-state index in [-0.39, 0.29) is 0 Å². The third kappa shape index (κ3) is 5.73. The molecule has 1 nitrogen and oxygen atoms in total. The molecule has 21 heavy (non-hydrogen) atoms. The molecular weight excluding hydrogens is 254 g/mol. The van der Waals surface area contributed by atoms with Crippen molar-refractivity contribution in [2.24, 2.45) is 0 Å². The van der Waals surface area contributed by atoms with Crippen molar-refractivity contribution in [1.29, 1.82) is 0 Å². The van der Waals surface area contributed by atoms with Gasteiger partial charge in [0, 0.05) is 13.1 Å². The first-order chi connectivity index (χ1) is 10.3. The molecule has 0 aliphatic heterocycles. The van der Waals surface area contributed by atoms with Crippen LogP contribution in [0.4, 0.5) is 0 Å². The lowest BCUT2D eigenvalue weighted by Gasteiger charge is -2.22. The second-order valence-electron chi connectivity index (χ2n) is 5.85. The molecule has 112 valence electrons. The summed E-state index contributed by atoms with van der Waals surface area (Å²) in [6.07, 6.45) is 3.67. The third-order valence-electron chi connectivity index (χ3n) is 3.91. The van der Waals surface area contributed by atoms with Crippen molar-refractivity contribution in [3.05, 3.63) is 71.3 Å². The first kappa shape index (κ1) is 15.8. The molecule has 0 bridgehead atoms. The van der Waals surface area contributed by atoms with E-state index >= 15 is 0 Å². The predicted octanol–water partition coefficient (Wildman–Crippen LogP) is 4.84. The molecule has 0 fully saturated rings. The molecule has 0 heterocycles. The second kappa shape index (κ2) is 8.63. The Kier molecular flexibility index (Phi) is 6.49. The summed E-state index contributed by atoms with van der Waals surface area (Å²) in [7, 11) is 0. The molecule has 2 aromatic carbocycles. The van der Waals surface area contributed by atoms with Crippen molar-refractivity contribution in [3.8, 4) is 0 Å². The van der Waals surface area contributed by atoms with Gasteiger partial charge in [-0.15, -0.1) is 0 Å². The van der Waals surface area contributed by atoms with Gasteiger partial charge in [0.15, 0.2) is 0 Å².